The number of carbonyl (C=O) groups is 1. The van der Waals surface area contributed by atoms with Crippen LogP contribution in [0.15, 0.2) is 23.0 Å². The van der Waals surface area contributed by atoms with Crippen molar-refractivity contribution < 1.29 is 9.90 Å². The topological polar surface area (TPSA) is 75.1 Å². The molecule has 0 unspecified atom stereocenters. The van der Waals surface area contributed by atoms with Crippen molar-refractivity contribution in [2.75, 3.05) is 11.9 Å². The third-order valence-corrected chi connectivity index (χ3v) is 3.06. The van der Waals surface area contributed by atoms with Crippen LogP contribution in [0, 0.1) is 6.92 Å². The summed E-state index contributed by atoms with van der Waals surface area (Å²) in [6, 6.07) is 3.25. The number of aromatic nitrogens is 2. The summed E-state index contributed by atoms with van der Waals surface area (Å²) in [5.74, 6) is -0.559. The number of anilines is 1. The zero-order valence-electron chi connectivity index (χ0n) is 9.88. The van der Waals surface area contributed by atoms with Crippen LogP contribution in [0.25, 0.3) is 0 Å². The highest BCUT2D eigenvalue weighted by Gasteiger charge is 2.11. The van der Waals surface area contributed by atoms with E-state index in [2.05, 4.69) is 15.3 Å². The van der Waals surface area contributed by atoms with E-state index in [1.165, 1.54) is 0 Å². The van der Waals surface area contributed by atoms with Crippen LogP contribution >= 0.6 is 11.3 Å². The number of thiazole rings is 1. The third-order valence-electron chi connectivity index (χ3n) is 2.42. The van der Waals surface area contributed by atoms with Gasteiger partial charge in [-0.05, 0) is 19.1 Å². The molecule has 0 spiro atoms. The lowest BCUT2D eigenvalue weighted by molar-refractivity contribution is 0.0697. The molecule has 0 fully saturated rings. The Morgan fingerprint density at radius 3 is 3.00 bits per heavy atom. The van der Waals surface area contributed by atoms with Crippen molar-refractivity contribution in [2.45, 2.75) is 13.3 Å². The van der Waals surface area contributed by atoms with E-state index in [4.69, 9.17) is 5.11 Å². The van der Waals surface area contributed by atoms with E-state index >= 15 is 0 Å². The molecule has 0 saturated heterocycles. The second-order valence-corrected chi connectivity index (χ2v) is 4.53. The summed E-state index contributed by atoms with van der Waals surface area (Å²) in [6.07, 6.45) is 0.748. The van der Waals surface area contributed by atoms with Crippen molar-refractivity contribution in [2.24, 2.45) is 0 Å². The van der Waals surface area contributed by atoms with Gasteiger partial charge in [0.2, 0.25) is 0 Å². The van der Waals surface area contributed by atoms with Crippen LogP contribution in [0.2, 0.25) is 0 Å². The molecule has 6 heteroatoms. The summed E-state index contributed by atoms with van der Waals surface area (Å²) >= 11 is 1.55. The van der Waals surface area contributed by atoms with Gasteiger partial charge in [0.1, 0.15) is 11.4 Å². The Morgan fingerprint density at radius 2 is 2.33 bits per heavy atom. The van der Waals surface area contributed by atoms with E-state index in [9.17, 15) is 4.79 Å². The van der Waals surface area contributed by atoms with E-state index in [-0.39, 0.29) is 5.56 Å². The lowest BCUT2D eigenvalue weighted by Gasteiger charge is -2.08. The van der Waals surface area contributed by atoms with E-state index in [1.54, 1.807) is 29.0 Å². The summed E-state index contributed by atoms with van der Waals surface area (Å²) in [6.45, 7) is 2.44. The molecular formula is C12H13N3O2S. The van der Waals surface area contributed by atoms with E-state index in [1.807, 2.05) is 12.3 Å². The minimum absolute atomic E-state index is 0.193. The van der Waals surface area contributed by atoms with Crippen LogP contribution < -0.4 is 5.32 Å². The summed E-state index contributed by atoms with van der Waals surface area (Å²) in [4.78, 5) is 19.4. The molecule has 0 radical (unpaired) electrons. The zero-order valence-corrected chi connectivity index (χ0v) is 10.7. The molecule has 5 nitrogen and oxygen atoms in total. The smallest absolute Gasteiger partial charge is 0.339 e. The maximum Gasteiger partial charge on any atom is 0.339 e. The molecule has 0 bridgehead atoms. The van der Waals surface area contributed by atoms with E-state index in [0.29, 0.717) is 12.4 Å². The largest absolute Gasteiger partial charge is 0.478 e. The zero-order chi connectivity index (χ0) is 13.0. The molecule has 18 heavy (non-hydrogen) atoms. The van der Waals surface area contributed by atoms with Gasteiger partial charge in [0.15, 0.2) is 0 Å². The van der Waals surface area contributed by atoms with Crippen LogP contribution in [0.4, 0.5) is 5.82 Å². The molecule has 0 aliphatic heterocycles. The monoisotopic (exact) mass is 263 g/mol. The second kappa shape index (κ2) is 5.59. The fourth-order valence-corrected chi connectivity index (χ4v) is 2.13. The number of nitrogens with zero attached hydrogens (tertiary/aromatic N) is 2. The minimum atomic E-state index is -0.973. The molecule has 2 rings (SSSR count). The number of pyridine rings is 1. The number of rotatable bonds is 5. The van der Waals surface area contributed by atoms with Crippen molar-refractivity contribution in [3.05, 3.63) is 40.0 Å². The predicted molar refractivity (Wildman–Crippen MR) is 70.2 cm³/mol. The molecule has 0 aromatic carbocycles. The fraction of sp³-hybridized carbons (Fsp3) is 0.250. The first-order chi connectivity index (χ1) is 8.66. The molecule has 2 aromatic heterocycles. The van der Waals surface area contributed by atoms with Gasteiger partial charge in [-0.1, -0.05) is 0 Å². The number of aromatic carboxylic acids is 1. The lowest BCUT2D eigenvalue weighted by Crippen LogP contribution is -2.11. The first-order valence-electron chi connectivity index (χ1n) is 5.48. The van der Waals surface area contributed by atoms with Gasteiger partial charge in [-0.3, -0.25) is 0 Å². The molecule has 0 aliphatic carbocycles. The number of carboxylic acids is 1. The lowest BCUT2D eigenvalue weighted by atomic mass is 10.2. The van der Waals surface area contributed by atoms with Crippen molar-refractivity contribution in [3.8, 4) is 0 Å². The quantitative estimate of drug-likeness (QED) is 0.865. The molecule has 0 aliphatic rings. The Bertz CT molecular complexity index is 540. The Balaban J connectivity index is 2.03. The van der Waals surface area contributed by atoms with Crippen LogP contribution in [-0.4, -0.2) is 27.6 Å². The number of aryl methyl sites for hydroxylation is 1. The van der Waals surface area contributed by atoms with Crippen LogP contribution in [0.1, 0.15) is 21.7 Å². The predicted octanol–water partition coefficient (Wildman–Crippen LogP) is 2.20. The van der Waals surface area contributed by atoms with Gasteiger partial charge in [0.05, 0.1) is 11.2 Å². The highest BCUT2D eigenvalue weighted by molar-refractivity contribution is 7.07. The van der Waals surface area contributed by atoms with Gasteiger partial charge >= 0.3 is 5.97 Å². The van der Waals surface area contributed by atoms with Crippen molar-refractivity contribution in [3.63, 3.8) is 0 Å². The number of hydrogen-bond donors (Lipinski definition) is 2. The van der Waals surface area contributed by atoms with Crippen LogP contribution in [-0.2, 0) is 6.42 Å². The van der Waals surface area contributed by atoms with Crippen LogP contribution in [0.5, 0.6) is 0 Å². The highest BCUT2D eigenvalue weighted by Crippen LogP contribution is 2.13. The number of carboxylic acid groups (broad SMARTS) is 1. The maximum atomic E-state index is 11.0. The van der Waals surface area contributed by atoms with Gasteiger partial charge in [-0.15, -0.1) is 11.3 Å². The molecule has 2 heterocycles. The Hall–Kier alpha value is -1.95. The first kappa shape index (κ1) is 12.5. The molecule has 0 saturated carbocycles. The van der Waals surface area contributed by atoms with E-state index in [0.717, 1.165) is 17.8 Å². The molecule has 94 valence electrons. The van der Waals surface area contributed by atoms with Crippen molar-refractivity contribution in [1.82, 2.24) is 9.97 Å². The average molecular weight is 263 g/mol. The Kier molecular flexibility index (Phi) is 3.88. The van der Waals surface area contributed by atoms with Crippen molar-refractivity contribution in [1.29, 1.82) is 0 Å². The number of hydrogen-bond acceptors (Lipinski definition) is 5. The second-order valence-electron chi connectivity index (χ2n) is 3.81. The molecule has 2 aromatic rings. The number of nitrogens with one attached hydrogen (secondary N) is 1. The summed E-state index contributed by atoms with van der Waals surface area (Å²) in [7, 11) is 0. The maximum absolute atomic E-state index is 11.0. The van der Waals surface area contributed by atoms with Gasteiger partial charge in [-0.25, -0.2) is 14.8 Å². The average Bonchev–Trinajstić information content (AvgIpc) is 2.82. The van der Waals surface area contributed by atoms with E-state index < -0.39 is 5.97 Å². The van der Waals surface area contributed by atoms with Gasteiger partial charge in [0.25, 0.3) is 0 Å². The van der Waals surface area contributed by atoms with Gasteiger partial charge in [0, 0.05) is 24.0 Å². The minimum Gasteiger partial charge on any atom is -0.478 e. The summed E-state index contributed by atoms with van der Waals surface area (Å²) in [5, 5.41) is 14.1. The normalized spacial score (nSPS) is 10.3. The van der Waals surface area contributed by atoms with Crippen molar-refractivity contribution >= 4 is 23.1 Å². The first-order valence-corrected chi connectivity index (χ1v) is 6.43. The molecule has 0 amide bonds. The SMILES string of the molecule is Cc1ccc(C(=O)O)c(NCCc2cscn2)n1. The van der Waals surface area contributed by atoms with Gasteiger partial charge in [-0.2, -0.15) is 0 Å². The Labute approximate surface area is 109 Å². The summed E-state index contributed by atoms with van der Waals surface area (Å²) in [5.41, 5.74) is 3.76. The third kappa shape index (κ3) is 3.04. The highest BCUT2D eigenvalue weighted by atomic mass is 32.1. The fourth-order valence-electron chi connectivity index (χ4n) is 1.53. The molecule has 0 atom stereocenters. The molecule has 2 N–H and O–H groups in total. The molecular weight excluding hydrogens is 250 g/mol. The van der Waals surface area contributed by atoms with Gasteiger partial charge < -0.3 is 10.4 Å². The summed E-state index contributed by atoms with van der Waals surface area (Å²) < 4.78 is 0. The van der Waals surface area contributed by atoms with Crippen LogP contribution in [0.3, 0.4) is 0 Å². The Morgan fingerprint density at radius 1 is 1.50 bits per heavy atom. The standard InChI is InChI=1S/C12H13N3O2S/c1-8-2-3-10(12(16)17)11(15-8)13-5-4-9-6-18-7-14-9/h2-3,6-7H,4-5H2,1H3,(H,13,15)(H,16,17).